The minimum absolute atomic E-state index is 0.120. The molecule has 90 valence electrons. The van der Waals surface area contributed by atoms with Crippen LogP contribution in [0.2, 0.25) is 0 Å². The van der Waals surface area contributed by atoms with Crippen LogP contribution in [0.25, 0.3) is 0 Å². The van der Waals surface area contributed by atoms with Crippen LogP contribution < -0.4 is 10.6 Å². The Bertz CT molecular complexity index is 289. The molecule has 0 spiro atoms. The van der Waals surface area contributed by atoms with Crippen molar-refractivity contribution in [1.29, 1.82) is 0 Å². The molecule has 2 saturated heterocycles. The van der Waals surface area contributed by atoms with E-state index in [0.717, 1.165) is 38.4 Å². The molecular weight excluding hydrogens is 206 g/mol. The van der Waals surface area contributed by atoms with Gasteiger partial charge in [0.05, 0.1) is 12.6 Å². The largest absolute Gasteiger partial charge is 0.316 e. The van der Waals surface area contributed by atoms with E-state index < -0.39 is 0 Å². The number of hydrogen-bond donors (Lipinski definition) is 2. The van der Waals surface area contributed by atoms with E-state index in [2.05, 4.69) is 10.6 Å². The molecule has 0 radical (unpaired) electrons. The molecule has 5 nitrogen and oxygen atoms in total. The SMILES string of the molecule is CCC1C(=O)NC(=O)CN1CCC1CNC1. The molecule has 2 amide bonds. The van der Waals surface area contributed by atoms with Crippen molar-refractivity contribution < 1.29 is 9.59 Å². The van der Waals surface area contributed by atoms with Crippen molar-refractivity contribution in [3.05, 3.63) is 0 Å². The van der Waals surface area contributed by atoms with Gasteiger partial charge in [-0.3, -0.25) is 19.8 Å². The number of carbonyl (C=O) groups excluding carboxylic acids is 2. The molecule has 2 N–H and O–H groups in total. The Balaban J connectivity index is 1.87. The monoisotopic (exact) mass is 225 g/mol. The molecule has 2 aliphatic rings. The maximum atomic E-state index is 11.6. The maximum absolute atomic E-state index is 11.6. The molecule has 0 aromatic heterocycles. The van der Waals surface area contributed by atoms with Crippen LogP contribution in [0.5, 0.6) is 0 Å². The molecule has 1 unspecified atom stereocenters. The van der Waals surface area contributed by atoms with Crippen LogP contribution in [-0.4, -0.2) is 48.9 Å². The Labute approximate surface area is 95.6 Å². The van der Waals surface area contributed by atoms with Crippen LogP contribution in [0.15, 0.2) is 0 Å². The molecule has 2 fully saturated rings. The molecule has 5 heteroatoms. The lowest BCUT2D eigenvalue weighted by Gasteiger charge is -2.35. The Morgan fingerprint density at radius 3 is 2.69 bits per heavy atom. The van der Waals surface area contributed by atoms with Crippen molar-refractivity contribution in [2.45, 2.75) is 25.8 Å². The molecule has 0 aliphatic carbocycles. The maximum Gasteiger partial charge on any atom is 0.243 e. The molecule has 0 bridgehead atoms. The fraction of sp³-hybridized carbons (Fsp3) is 0.818. The summed E-state index contributed by atoms with van der Waals surface area (Å²) in [5.74, 6) is 0.421. The standard InChI is InChI=1S/C11H19N3O2/c1-2-9-11(16)13-10(15)7-14(9)4-3-8-5-12-6-8/h8-9,12H,2-7H2,1H3,(H,13,15,16). The summed E-state index contributed by atoms with van der Waals surface area (Å²) in [6.07, 6.45) is 1.84. The van der Waals surface area contributed by atoms with Crippen molar-refractivity contribution in [3.63, 3.8) is 0 Å². The lowest BCUT2D eigenvalue weighted by Crippen LogP contribution is -2.58. The predicted octanol–water partition coefficient (Wildman–Crippen LogP) is -0.667. The number of amides is 2. The van der Waals surface area contributed by atoms with Gasteiger partial charge in [0.2, 0.25) is 11.8 Å². The van der Waals surface area contributed by atoms with Gasteiger partial charge in [0, 0.05) is 0 Å². The first-order valence-electron chi connectivity index (χ1n) is 5.99. The predicted molar refractivity (Wildman–Crippen MR) is 59.8 cm³/mol. The molecule has 1 atom stereocenters. The Kier molecular flexibility index (Phi) is 3.56. The second-order valence-corrected chi connectivity index (χ2v) is 4.62. The summed E-state index contributed by atoms with van der Waals surface area (Å²) < 4.78 is 0. The van der Waals surface area contributed by atoms with Gasteiger partial charge >= 0.3 is 0 Å². The average Bonchev–Trinajstić information content (AvgIpc) is 2.14. The summed E-state index contributed by atoms with van der Waals surface area (Å²) in [5, 5.41) is 5.62. The zero-order chi connectivity index (χ0) is 11.5. The highest BCUT2D eigenvalue weighted by molar-refractivity contribution is 6.01. The Morgan fingerprint density at radius 2 is 2.12 bits per heavy atom. The average molecular weight is 225 g/mol. The van der Waals surface area contributed by atoms with Gasteiger partial charge in [0.1, 0.15) is 0 Å². The van der Waals surface area contributed by atoms with Crippen LogP contribution >= 0.6 is 0 Å². The molecule has 0 aromatic rings. The van der Waals surface area contributed by atoms with Gasteiger partial charge in [-0.2, -0.15) is 0 Å². The third kappa shape index (κ3) is 2.41. The third-order valence-corrected chi connectivity index (χ3v) is 3.43. The number of nitrogens with zero attached hydrogens (tertiary/aromatic N) is 1. The first-order valence-corrected chi connectivity index (χ1v) is 5.99. The molecule has 2 aliphatic heterocycles. The zero-order valence-electron chi connectivity index (χ0n) is 9.66. The molecule has 2 heterocycles. The first-order chi connectivity index (χ1) is 7.70. The Hall–Kier alpha value is -0.940. The smallest absolute Gasteiger partial charge is 0.243 e. The summed E-state index contributed by atoms with van der Waals surface area (Å²) in [6.45, 7) is 5.35. The highest BCUT2D eigenvalue weighted by atomic mass is 16.2. The minimum Gasteiger partial charge on any atom is -0.316 e. The van der Waals surface area contributed by atoms with E-state index in [4.69, 9.17) is 0 Å². The van der Waals surface area contributed by atoms with Gasteiger partial charge in [-0.15, -0.1) is 0 Å². The summed E-state index contributed by atoms with van der Waals surface area (Å²) in [4.78, 5) is 24.9. The van der Waals surface area contributed by atoms with Crippen molar-refractivity contribution in [1.82, 2.24) is 15.5 Å². The van der Waals surface area contributed by atoms with E-state index in [1.54, 1.807) is 0 Å². The summed E-state index contributed by atoms with van der Waals surface area (Å²) in [6, 6.07) is -0.120. The Morgan fingerprint density at radius 1 is 1.38 bits per heavy atom. The van der Waals surface area contributed by atoms with Gasteiger partial charge in [-0.1, -0.05) is 6.92 Å². The van der Waals surface area contributed by atoms with Crippen LogP contribution in [-0.2, 0) is 9.59 Å². The fourth-order valence-corrected chi connectivity index (χ4v) is 2.30. The third-order valence-electron chi connectivity index (χ3n) is 3.43. The quantitative estimate of drug-likeness (QED) is 0.623. The summed E-state index contributed by atoms with van der Waals surface area (Å²) in [7, 11) is 0. The first kappa shape index (κ1) is 11.5. The number of nitrogens with one attached hydrogen (secondary N) is 2. The number of hydrogen-bond acceptors (Lipinski definition) is 4. The molecular formula is C11H19N3O2. The normalized spacial score (nSPS) is 27.7. The molecule has 2 rings (SSSR count). The van der Waals surface area contributed by atoms with E-state index in [9.17, 15) is 9.59 Å². The lowest BCUT2D eigenvalue weighted by molar-refractivity contribution is -0.140. The summed E-state index contributed by atoms with van der Waals surface area (Å²) >= 11 is 0. The lowest BCUT2D eigenvalue weighted by atomic mass is 9.98. The van der Waals surface area contributed by atoms with Crippen LogP contribution in [0.3, 0.4) is 0 Å². The van der Waals surface area contributed by atoms with Gasteiger partial charge in [0.25, 0.3) is 0 Å². The van der Waals surface area contributed by atoms with Gasteiger partial charge in [-0.05, 0) is 38.4 Å². The molecule has 16 heavy (non-hydrogen) atoms. The number of imide groups is 1. The van der Waals surface area contributed by atoms with Crippen molar-refractivity contribution in [2.75, 3.05) is 26.2 Å². The van der Waals surface area contributed by atoms with Gasteiger partial charge in [0.15, 0.2) is 0 Å². The highest BCUT2D eigenvalue weighted by Crippen LogP contribution is 2.14. The van der Waals surface area contributed by atoms with Gasteiger partial charge < -0.3 is 5.32 Å². The second-order valence-electron chi connectivity index (χ2n) is 4.62. The molecule has 0 aromatic carbocycles. The van der Waals surface area contributed by atoms with E-state index in [0.29, 0.717) is 6.54 Å². The van der Waals surface area contributed by atoms with Crippen LogP contribution in [0.1, 0.15) is 19.8 Å². The highest BCUT2D eigenvalue weighted by Gasteiger charge is 2.32. The van der Waals surface area contributed by atoms with E-state index >= 15 is 0 Å². The van der Waals surface area contributed by atoms with Crippen molar-refractivity contribution >= 4 is 11.8 Å². The van der Waals surface area contributed by atoms with E-state index in [1.165, 1.54) is 0 Å². The zero-order valence-corrected chi connectivity index (χ0v) is 9.66. The van der Waals surface area contributed by atoms with E-state index in [1.807, 2.05) is 11.8 Å². The minimum atomic E-state index is -0.165. The van der Waals surface area contributed by atoms with Crippen LogP contribution in [0, 0.1) is 5.92 Å². The van der Waals surface area contributed by atoms with E-state index in [-0.39, 0.29) is 17.9 Å². The molecule has 0 saturated carbocycles. The number of carbonyl (C=O) groups is 2. The number of piperazine rings is 1. The van der Waals surface area contributed by atoms with Crippen LogP contribution in [0.4, 0.5) is 0 Å². The summed E-state index contributed by atoms with van der Waals surface area (Å²) in [5.41, 5.74) is 0. The van der Waals surface area contributed by atoms with Gasteiger partial charge in [-0.25, -0.2) is 0 Å². The topological polar surface area (TPSA) is 61.4 Å². The second kappa shape index (κ2) is 4.93. The van der Waals surface area contributed by atoms with Crippen molar-refractivity contribution in [3.8, 4) is 0 Å². The number of rotatable bonds is 4. The van der Waals surface area contributed by atoms with Crippen molar-refractivity contribution in [2.24, 2.45) is 5.92 Å². The fourth-order valence-electron chi connectivity index (χ4n) is 2.30.